The fourth-order valence-electron chi connectivity index (χ4n) is 2.91. The Morgan fingerprint density at radius 3 is 2.55 bits per heavy atom. The van der Waals surface area contributed by atoms with E-state index in [4.69, 9.17) is 0 Å². The topological polar surface area (TPSA) is 66.3 Å². The van der Waals surface area contributed by atoms with Gasteiger partial charge in [0.05, 0.1) is 12.3 Å². The minimum absolute atomic E-state index is 0.0826. The molecule has 5 nitrogen and oxygen atoms in total. The summed E-state index contributed by atoms with van der Waals surface area (Å²) in [4.78, 5) is 22.1. The molecule has 2 aromatic rings. The number of hydrogen-bond donors (Lipinski definition) is 1. The van der Waals surface area contributed by atoms with Crippen LogP contribution in [-0.4, -0.2) is 39.0 Å². The van der Waals surface area contributed by atoms with E-state index in [1.165, 1.54) is 12.4 Å². The molecule has 22 heavy (non-hydrogen) atoms. The fourth-order valence-corrected chi connectivity index (χ4v) is 2.91. The maximum absolute atomic E-state index is 12.3. The first-order valence-corrected chi connectivity index (χ1v) is 7.54. The highest BCUT2D eigenvalue weighted by atomic mass is 16.3. The van der Waals surface area contributed by atoms with Gasteiger partial charge in [-0.15, -0.1) is 0 Å². The van der Waals surface area contributed by atoms with Crippen molar-refractivity contribution in [3.05, 3.63) is 60.2 Å². The number of aliphatic hydroxyl groups excluding tert-OH is 1. The minimum atomic E-state index is -0.463. The van der Waals surface area contributed by atoms with Crippen LogP contribution < -0.4 is 0 Å². The number of aromatic nitrogens is 2. The smallest absolute Gasteiger partial charge is 0.274 e. The van der Waals surface area contributed by atoms with Crippen molar-refractivity contribution in [3.8, 4) is 0 Å². The zero-order valence-electron chi connectivity index (χ0n) is 12.3. The normalized spacial score (nSPS) is 17.2. The first-order chi connectivity index (χ1) is 10.8. The number of carbonyl (C=O) groups excluding carboxylic acids is 1. The SMILES string of the molecule is O=C(c1cnccn1)N1CCC([C@H](O)c2ccccc2)CC1. The van der Waals surface area contributed by atoms with Crippen molar-refractivity contribution >= 4 is 5.91 Å². The largest absolute Gasteiger partial charge is 0.388 e. The Balaban J connectivity index is 1.60. The highest BCUT2D eigenvalue weighted by Gasteiger charge is 2.29. The second-order valence-electron chi connectivity index (χ2n) is 5.58. The van der Waals surface area contributed by atoms with Crippen LogP contribution in [-0.2, 0) is 0 Å². The summed E-state index contributed by atoms with van der Waals surface area (Å²) < 4.78 is 0. The van der Waals surface area contributed by atoms with E-state index >= 15 is 0 Å². The molecule has 1 saturated heterocycles. The lowest BCUT2D eigenvalue weighted by Crippen LogP contribution is -2.40. The molecule has 5 heteroatoms. The summed E-state index contributed by atoms with van der Waals surface area (Å²) in [5.74, 6) is 0.106. The quantitative estimate of drug-likeness (QED) is 0.941. The standard InChI is InChI=1S/C17H19N3O2/c21-16(13-4-2-1-3-5-13)14-6-10-20(11-7-14)17(22)15-12-18-8-9-19-15/h1-5,8-9,12,14,16,21H,6-7,10-11H2/t16-/m1/s1. The van der Waals surface area contributed by atoms with Gasteiger partial charge in [0.15, 0.2) is 0 Å². The number of amides is 1. The molecule has 0 bridgehead atoms. The molecule has 0 unspecified atom stereocenters. The molecule has 1 atom stereocenters. The van der Waals surface area contributed by atoms with Crippen molar-refractivity contribution in [1.29, 1.82) is 0 Å². The van der Waals surface area contributed by atoms with E-state index in [1.54, 1.807) is 11.1 Å². The van der Waals surface area contributed by atoms with Crippen molar-refractivity contribution in [2.75, 3.05) is 13.1 Å². The first kappa shape index (κ1) is 14.7. The third-order valence-electron chi connectivity index (χ3n) is 4.20. The van der Waals surface area contributed by atoms with Gasteiger partial charge >= 0.3 is 0 Å². The van der Waals surface area contributed by atoms with E-state index in [0.717, 1.165) is 18.4 Å². The maximum Gasteiger partial charge on any atom is 0.274 e. The van der Waals surface area contributed by atoms with E-state index in [0.29, 0.717) is 18.8 Å². The number of nitrogens with zero attached hydrogens (tertiary/aromatic N) is 3. The number of piperidine rings is 1. The Labute approximate surface area is 129 Å². The highest BCUT2D eigenvalue weighted by molar-refractivity contribution is 5.92. The van der Waals surface area contributed by atoms with Crippen LogP contribution in [0.4, 0.5) is 0 Å². The molecule has 114 valence electrons. The second-order valence-corrected chi connectivity index (χ2v) is 5.58. The van der Waals surface area contributed by atoms with Gasteiger partial charge in [0.1, 0.15) is 5.69 Å². The molecule has 1 amide bonds. The fraction of sp³-hybridized carbons (Fsp3) is 0.353. The van der Waals surface area contributed by atoms with Gasteiger partial charge in [-0.1, -0.05) is 30.3 Å². The zero-order chi connectivity index (χ0) is 15.4. The van der Waals surface area contributed by atoms with Crippen LogP contribution in [0.25, 0.3) is 0 Å². The Morgan fingerprint density at radius 2 is 1.91 bits per heavy atom. The number of likely N-dealkylation sites (tertiary alicyclic amines) is 1. The van der Waals surface area contributed by atoms with Crippen LogP contribution in [0.2, 0.25) is 0 Å². The highest BCUT2D eigenvalue weighted by Crippen LogP contribution is 2.30. The summed E-state index contributed by atoms with van der Waals surface area (Å²) in [6.07, 6.45) is 5.70. The van der Waals surface area contributed by atoms with E-state index in [9.17, 15) is 9.90 Å². The molecule has 0 saturated carbocycles. The molecule has 1 fully saturated rings. The molecular weight excluding hydrogens is 278 g/mol. The Kier molecular flexibility index (Phi) is 4.44. The first-order valence-electron chi connectivity index (χ1n) is 7.54. The molecule has 0 aliphatic carbocycles. The molecule has 2 heterocycles. The monoisotopic (exact) mass is 297 g/mol. The Morgan fingerprint density at radius 1 is 1.18 bits per heavy atom. The molecular formula is C17H19N3O2. The van der Waals surface area contributed by atoms with Gasteiger partial charge in [-0.05, 0) is 24.3 Å². The molecule has 0 spiro atoms. The molecule has 1 aromatic heterocycles. The summed E-state index contributed by atoms with van der Waals surface area (Å²) in [7, 11) is 0. The van der Waals surface area contributed by atoms with E-state index in [1.807, 2.05) is 30.3 Å². The van der Waals surface area contributed by atoms with Crippen molar-refractivity contribution in [1.82, 2.24) is 14.9 Å². The van der Waals surface area contributed by atoms with E-state index < -0.39 is 6.10 Å². The van der Waals surface area contributed by atoms with Gasteiger partial charge in [0.25, 0.3) is 5.91 Å². The van der Waals surface area contributed by atoms with Crippen molar-refractivity contribution in [2.24, 2.45) is 5.92 Å². The summed E-state index contributed by atoms with van der Waals surface area (Å²) in [6, 6.07) is 9.71. The number of benzene rings is 1. The van der Waals surface area contributed by atoms with Crippen LogP contribution in [0.5, 0.6) is 0 Å². The van der Waals surface area contributed by atoms with Gasteiger partial charge in [-0.25, -0.2) is 4.98 Å². The molecule has 1 aliphatic heterocycles. The summed E-state index contributed by atoms with van der Waals surface area (Å²) in [5, 5.41) is 10.5. The molecule has 0 radical (unpaired) electrons. The second kappa shape index (κ2) is 6.66. The van der Waals surface area contributed by atoms with Crippen molar-refractivity contribution < 1.29 is 9.90 Å². The Hall–Kier alpha value is -2.27. The number of hydrogen-bond acceptors (Lipinski definition) is 4. The molecule has 1 aliphatic rings. The average molecular weight is 297 g/mol. The summed E-state index contributed by atoms with van der Waals surface area (Å²) in [6.45, 7) is 1.29. The third kappa shape index (κ3) is 3.14. The van der Waals surface area contributed by atoms with Gasteiger partial charge in [0.2, 0.25) is 0 Å². The van der Waals surface area contributed by atoms with Gasteiger partial charge < -0.3 is 10.0 Å². The van der Waals surface area contributed by atoms with Gasteiger partial charge in [-0.2, -0.15) is 0 Å². The van der Waals surface area contributed by atoms with Crippen molar-refractivity contribution in [3.63, 3.8) is 0 Å². The number of rotatable bonds is 3. The molecule has 3 rings (SSSR count). The maximum atomic E-state index is 12.3. The van der Waals surface area contributed by atoms with Gasteiger partial charge in [-0.3, -0.25) is 9.78 Å². The zero-order valence-corrected chi connectivity index (χ0v) is 12.3. The van der Waals surface area contributed by atoms with Gasteiger partial charge in [0, 0.05) is 25.5 Å². The van der Waals surface area contributed by atoms with E-state index in [2.05, 4.69) is 9.97 Å². The summed E-state index contributed by atoms with van der Waals surface area (Å²) in [5.41, 5.74) is 1.32. The van der Waals surface area contributed by atoms with E-state index in [-0.39, 0.29) is 11.8 Å². The minimum Gasteiger partial charge on any atom is -0.388 e. The summed E-state index contributed by atoms with van der Waals surface area (Å²) >= 11 is 0. The van der Waals surface area contributed by atoms with Crippen molar-refractivity contribution in [2.45, 2.75) is 18.9 Å². The third-order valence-corrected chi connectivity index (χ3v) is 4.20. The van der Waals surface area contributed by atoms with Crippen LogP contribution in [0.3, 0.4) is 0 Å². The lowest BCUT2D eigenvalue weighted by atomic mass is 9.87. The number of carbonyl (C=O) groups is 1. The predicted octanol–water partition coefficient (Wildman–Crippen LogP) is 2.06. The lowest BCUT2D eigenvalue weighted by Gasteiger charge is -2.34. The van der Waals surface area contributed by atoms with Crippen LogP contribution in [0.15, 0.2) is 48.9 Å². The molecule has 1 aromatic carbocycles. The average Bonchev–Trinajstić information content (AvgIpc) is 2.62. The lowest BCUT2D eigenvalue weighted by molar-refractivity contribution is 0.0458. The van der Waals surface area contributed by atoms with Crippen LogP contribution in [0, 0.1) is 5.92 Å². The van der Waals surface area contributed by atoms with Crippen LogP contribution >= 0.6 is 0 Å². The predicted molar refractivity (Wildman–Crippen MR) is 82.1 cm³/mol. The van der Waals surface area contributed by atoms with Crippen LogP contribution in [0.1, 0.15) is 35.0 Å². The number of aliphatic hydroxyl groups is 1. The molecule has 1 N–H and O–H groups in total. The Bertz CT molecular complexity index is 610.